The summed E-state index contributed by atoms with van der Waals surface area (Å²) in [5.41, 5.74) is 4.39. The molecule has 3 rings (SSSR count). The number of hydrogen-bond donors (Lipinski definition) is 0. The van der Waals surface area contributed by atoms with Gasteiger partial charge in [-0.05, 0) is 44.4 Å². The van der Waals surface area contributed by atoms with Crippen molar-refractivity contribution < 1.29 is 4.79 Å². The lowest BCUT2D eigenvalue weighted by Gasteiger charge is -2.21. The molecule has 1 aromatic carbocycles. The van der Waals surface area contributed by atoms with Gasteiger partial charge in [0.1, 0.15) is 0 Å². The molecule has 1 saturated heterocycles. The minimum absolute atomic E-state index is 0.252. The van der Waals surface area contributed by atoms with Crippen molar-refractivity contribution in [1.29, 1.82) is 0 Å². The molecule has 0 spiro atoms. The maximum absolute atomic E-state index is 12.7. The summed E-state index contributed by atoms with van der Waals surface area (Å²) in [7, 11) is 0. The van der Waals surface area contributed by atoms with Crippen LogP contribution in [0.4, 0.5) is 0 Å². The zero-order chi connectivity index (χ0) is 19.2. The van der Waals surface area contributed by atoms with Gasteiger partial charge in [-0.1, -0.05) is 24.3 Å². The molecule has 144 valence electrons. The number of rotatable bonds is 6. The highest BCUT2D eigenvalue weighted by molar-refractivity contribution is 5.76. The van der Waals surface area contributed by atoms with Crippen LogP contribution in [0.5, 0.6) is 0 Å². The van der Waals surface area contributed by atoms with Crippen LogP contribution in [0.15, 0.2) is 43.0 Å². The molecule has 0 unspecified atom stereocenters. The van der Waals surface area contributed by atoms with E-state index in [0.717, 1.165) is 62.6 Å². The molecule has 0 atom stereocenters. The van der Waals surface area contributed by atoms with Gasteiger partial charge >= 0.3 is 0 Å². The zero-order valence-corrected chi connectivity index (χ0v) is 16.5. The molecule has 0 N–H and O–H groups in total. The van der Waals surface area contributed by atoms with Crippen molar-refractivity contribution in [2.45, 2.75) is 33.1 Å². The Kier molecular flexibility index (Phi) is 6.45. The van der Waals surface area contributed by atoms with Crippen LogP contribution in [0.1, 0.15) is 29.8 Å². The molecule has 5 heteroatoms. The first-order valence-corrected chi connectivity index (χ1v) is 9.81. The second-order valence-electron chi connectivity index (χ2n) is 7.22. The van der Waals surface area contributed by atoms with Gasteiger partial charge in [0, 0.05) is 44.8 Å². The number of hydrogen-bond acceptors (Lipinski definition) is 3. The third-order valence-corrected chi connectivity index (χ3v) is 5.36. The number of benzene rings is 1. The Bertz CT molecular complexity index is 781. The van der Waals surface area contributed by atoms with E-state index in [4.69, 9.17) is 5.10 Å². The van der Waals surface area contributed by atoms with Gasteiger partial charge in [-0.25, -0.2) is 4.68 Å². The lowest BCUT2D eigenvalue weighted by Crippen LogP contribution is -2.35. The van der Waals surface area contributed by atoms with Crippen molar-refractivity contribution in [3.63, 3.8) is 0 Å². The van der Waals surface area contributed by atoms with Gasteiger partial charge in [0.05, 0.1) is 11.4 Å². The van der Waals surface area contributed by atoms with E-state index in [-0.39, 0.29) is 5.91 Å². The fraction of sp³-hybridized carbons (Fsp3) is 0.455. The molecule has 0 aliphatic carbocycles. The van der Waals surface area contributed by atoms with E-state index in [1.54, 1.807) is 0 Å². The van der Waals surface area contributed by atoms with E-state index in [0.29, 0.717) is 6.42 Å². The Hall–Kier alpha value is -2.40. The summed E-state index contributed by atoms with van der Waals surface area (Å²) in [6, 6.07) is 10.2. The molecular weight excluding hydrogens is 336 g/mol. The maximum Gasteiger partial charge on any atom is 0.222 e. The highest BCUT2D eigenvalue weighted by atomic mass is 16.2. The molecule has 0 saturated carbocycles. The van der Waals surface area contributed by atoms with E-state index in [2.05, 4.69) is 30.5 Å². The molecule has 5 nitrogen and oxygen atoms in total. The van der Waals surface area contributed by atoms with Crippen LogP contribution in [0.25, 0.3) is 5.69 Å². The highest BCUT2D eigenvalue weighted by Gasteiger charge is 2.20. The predicted octanol–water partition coefficient (Wildman–Crippen LogP) is 3.14. The van der Waals surface area contributed by atoms with Crippen LogP contribution in [0, 0.1) is 13.8 Å². The monoisotopic (exact) mass is 366 g/mol. The number of carbonyl (C=O) groups excluding carboxylic acids is 1. The standard InChI is InChI=1S/C22H30N4O/c1-4-13-24-14-8-15-25(17-16-24)22(27)12-11-21-18(2)23-26(19(21)3)20-9-6-5-7-10-20/h4-7,9-10H,1,8,11-17H2,2-3H3. The highest BCUT2D eigenvalue weighted by Crippen LogP contribution is 2.20. The summed E-state index contributed by atoms with van der Waals surface area (Å²) in [4.78, 5) is 17.1. The molecular formula is C22H30N4O. The number of para-hydroxylation sites is 1. The fourth-order valence-corrected chi connectivity index (χ4v) is 3.83. The minimum atomic E-state index is 0.252. The van der Waals surface area contributed by atoms with Crippen molar-refractivity contribution in [1.82, 2.24) is 19.6 Å². The number of aromatic nitrogens is 2. The van der Waals surface area contributed by atoms with Crippen molar-refractivity contribution in [2.24, 2.45) is 0 Å². The molecule has 27 heavy (non-hydrogen) atoms. The molecule has 1 fully saturated rings. The van der Waals surface area contributed by atoms with Gasteiger partial charge in [-0.3, -0.25) is 9.69 Å². The normalized spacial score (nSPS) is 15.6. The molecule has 1 aliphatic rings. The fourth-order valence-electron chi connectivity index (χ4n) is 3.83. The Morgan fingerprint density at radius 1 is 1.15 bits per heavy atom. The Morgan fingerprint density at radius 2 is 1.93 bits per heavy atom. The molecule has 1 aromatic heterocycles. The second-order valence-corrected chi connectivity index (χ2v) is 7.22. The maximum atomic E-state index is 12.7. The molecule has 0 bridgehead atoms. The number of amides is 1. The third-order valence-electron chi connectivity index (χ3n) is 5.36. The van der Waals surface area contributed by atoms with Crippen LogP contribution >= 0.6 is 0 Å². The third kappa shape index (κ3) is 4.66. The summed E-state index contributed by atoms with van der Waals surface area (Å²) >= 11 is 0. The number of carbonyl (C=O) groups is 1. The van der Waals surface area contributed by atoms with Gasteiger partial charge in [-0.15, -0.1) is 6.58 Å². The first-order chi connectivity index (χ1) is 13.1. The first kappa shape index (κ1) is 19.4. The lowest BCUT2D eigenvalue weighted by atomic mass is 10.1. The van der Waals surface area contributed by atoms with Crippen molar-refractivity contribution in [2.75, 3.05) is 32.7 Å². The van der Waals surface area contributed by atoms with Gasteiger partial charge < -0.3 is 4.90 Å². The van der Waals surface area contributed by atoms with Gasteiger partial charge in [-0.2, -0.15) is 5.10 Å². The van der Waals surface area contributed by atoms with Crippen LogP contribution < -0.4 is 0 Å². The van der Waals surface area contributed by atoms with Crippen molar-refractivity contribution in [3.05, 3.63) is 59.9 Å². The number of aryl methyl sites for hydroxylation is 1. The van der Waals surface area contributed by atoms with Crippen LogP contribution in [-0.2, 0) is 11.2 Å². The van der Waals surface area contributed by atoms with Gasteiger partial charge in [0.25, 0.3) is 0 Å². The van der Waals surface area contributed by atoms with E-state index < -0.39 is 0 Å². The van der Waals surface area contributed by atoms with E-state index in [1.165, 1.54) is 5.56 Å². The quantitative estimate of drug-likeness (QED) is 0.738. The number of nitrogens with zero attached hydrogens (tertiary/aromatic N) is 4. The Balaban J connectivity index is 1.62. The zero-order valence-electron chi connectivity index (χ0n) is 16.5. The first-order valence-electron chi connectivity index (χ1n) is 9.81. The Labute approximate surface area is 162 Å². The summed E-state index contributed by atoms with van der Waals surface area (Å²) in [6.07, 6.45) is 4.26. The summed E-state index contributed by atoms with van der Waals surface area (Å²) in [5.74, 6) is 0.252. The van der Waals surface area contributed by atoms with E-state index >= 15 is 0 Å². The van der Waals surface area contributed by atoms with Crippen LogP contribution in [0.3, 0.4) is 0 Å². The van der Waals surface area contributed by atoms with Crippen LogP contribution in [0.2, 0.25) is 0 Å². The molecule has 0 radical (unpaired) electrons. The van der Waals surface area contributed by atoms with Gasteiger partial charge in [0.2, 0.25) is 5.91 Å². The van der Waals surface area contributed by atoms with E-state index in [9.17, 15) is 4.79 Å². The smallest absolute Gasteiger partial charge is 0.222 e. The molecule has 2 aromatic rings. The summed E-state index contributed by atoms with van der Waals surface area (Å²) in [5, 5.41) is 4.69. The van der Waals surface area contributed by atoms with Crippen LogP contribution in [-0.4, -0.2) is 58.2 Å². The lowest BCUT2D eigenvalue weighted by molar-refractivity contribution is -0.131. The van der Waals surface area contributed by atoms with E-state index in [1.807, 2.05) is 40.8 Å². The average Bonchev–Trinajstić information content (AvgIpc) is 2.84. The van der Waals surface area contributed by atoms with Crippen molar-refractivity contribution in [3.8, 4) is 5.69 Å². The molecule has 1 aliphatic heterocycles. The molecule has 1 amide bonds. The predicted molar refractivity (Wildman–Crippen MR) is 109 cm³/mol. The largest absolute Gasteiger partial charge is 0.341 e. The SMILES string of the molecule is C=CCN1CCCN(C(=O)CCc2c(C)nn(-c3ccccc3)c2C)CC1. The summed E-state index contributed by atoms with van der Waals surface area (Å²) in [6.45, 7) is 12.5. The minimum Gasteiger partial charge on any atom is -0.341 e. The topological polar surface area (TPSA) is 41.4 Å². The summed E-state index contributed by atoms with van der Waals surface area (Å²) < 4.78 is 1.98. The average molecular weight is 367 g/mol. The molecule has 2 heterocycles. The second kappa shape index (κ2) is 9.00. The van der Waals surface area contributed by atoms with Crippen molar-refractivity contribution >= 4 is 5.91 Å². The van der Waals surface area contributed by atoms with Gasteiger partial charge in [0.15, 0.2) is 0 Å². The Morgan fingerprint density at radius 3 is 2.67 bits per heavy atom.